The van der Waals surface area contributed by atoms with Crippen molar-refractivity contribution >= 4 is 68.5 Å². The summed E-state index contributed by atoms with van der Waals surface area (Å²) in [6.07, 6.45) is 0. The van der Waals surface area contributed by atoms with Crippen molar-refractivity contribution in [1.29, 1.82) is 0 Å². The number of benzene rings is 1. The van der Waals surface area contributed by atoms with Gasteiger partial charge in [0.05, 0.1) is 12.7 Å². The van der Waals surface area contributed by atoms with Gasteiger partial charge < -0.3 is 15.4 Å². The van der Waals surface area contributed by atoms with E-state index in [1.165, 1.54) is 18.4 Å². The number of thiocarbonyl (C=S) groups is 1. The number of hydrogen-bond donors (Lipinski definition) is 2. The highest BCUT2D eigenvalue weighted by atomic mass is 35.5. The van der Waals surface area contributed by atoms with E-state index in [1.807, 2.05) is 6.92 Å². The summed E-state index contributed by atoms with van der Waals surface area (Å²) < 4.78 is 4.75. The van der Waals surface area contributed by atoms with Crippen molar-refractivity contribution in [1.82, 2.24) is 0 Å². The van der Waals surface area contributed by atoms with Gasteiger partial charge in [-0.15, -0.1) is 11.3 Å². The molecule has 8 heteroatoms. The topological polar surface area (TPSA) is 50.4 Å². The first-order valence-corrected chi connectivity index (χ1v) is 8.10. The van der Waals surface area contributed by atoms with Crippen molar-refractivity contribution < 1.29 is 9.53 Å². The lowest BCUT2D eigenvalue weighted by molar-refractivity contribution is 0.0602. The average molecular weight is 375 g/mol. The van der Waals surface area contributed by atoms with Crippen molar-refractivity contribution in [3.05, 3.63) is 44.8 Å². The van der Waals surface area contributed by atoms with Gasteiger partial charge in [0.1, 0.15) is 5.00 Å². The summed E-state index contributed by atoms with van der Waals surface area (Å²) >= 11 is 18.5. The zero-order valence-electron chi connectivity index (χ0n) is 11.7. The quantitative estimate of drug-likeness (QED) is 0.587. The van der Waals surface area contributed by atoms with Crippen molar-refractivity contribution in [2.75, 3.05) is 17.7 Å². The van der Waals surface area contributed by atoms with E-state index in [0.717, 1.165) is 4.88 Å². The molecule has 2 aromatic rings. The Balaban J connectivity index is 2.14. The fraction of sp³-hybridized carbons (Fsp3) is 0.143. The molecule has 2 N–H and O–H groups in total. The zero-order valence-corrected chi connectivity index (χ0v) is 14.8. The molecule has 0 spiro atoms. The van der Waals surface area contributed by atoms with Crippen LogP contribution in [0.15, 0.2) is 24.3 Å². The van der Waals surface area contributed by atoms with Gasteiger partial charge in [0, 0.05) is 20.6 Å². The Morgan fingerprint density at radius 2 is 1.82 bits per heavy atom. The van der Waals surface area contributed by atoms with Crippen LogP contribution in [-0.4, -0.2) is 18.2 Å². The number of carbonyl (C=O) groups excluding carboxylic acids is 1. The molecule has 0 amide bonds. The Morgan fingerprint density at radius 1 is 1.18 bits per heavy atom. The second-order valence-electron chi connectivity index (χ2n) is 4.33. The molecule has 1 aromatic heterocycles. The van der Waals surface area contributed by atoms with Gasteiger partial charge in [0.25, 0.3) is 0 Å². The SMILES string of the molecule is COC(=O)c1cc(C)sc1NC(=S)Nc1cc(Cl)cc(Cl)c1. The third kappa shape index (κ3) is 4.33. The molecule has 2 rings (SSSR count). The van der Waals surface area contributed by atoms with E-state index in [9.17, 15) is 4.79 Å². The van der Waals surface area contributed by atoms with E-state index >= 15 is 0 Å². The Labute approximate surface area is 147 Å². The first-order chi connectivity index (χ1) is 10.4. The molecule has 0 aliphatic rings. The molecular formula is C14H12Cl2N2O2S2. The first-order valence-electron chi connectivity index (χ1n) is 6.12. The Bertz CT molecular complexity index is 711. The van der Waals surface area contributed by atoms with Crippen LogP contribution in [-0.2, 0) is 4.74 Å². The number of aryl methyl sites for hydroxylation is 1. The molecule has 0 aliphatic heterocycles. The van der Waals surface area contributed by atoms with Crippen LogP contribution in [0.4, 0.5) is 10.7 Å². The van der Waals surface area contributed by atoms with Gasteiger partial charge in [-0.3, -0.25) is 0 Å². The molecule has 1 heterocycles. The number of rotatable bonds is 3. The number of thiophene rings is 1. The second kappa shape index (κ2) is 7.28. The maximum Gasteiger partial charge on any atom is 0.340 e. The molecule has 22 heavy (non-hydrogen) atoms. The molecule has 4 nitrogen and oxygen atoms in total. The predicted molar refractivity (Wildman–Crippen MR) is 96.7 cm³/mol. The average Bonchev–Trinajstić information content (AvgIpc) is 2.77. The van der Waals surface area contributed by atoms with Crippen molar-refractivity contribution in [3.63, 3.8) is 0 Å². The molecule has 0 atom stereocenters. The third-order valence-electron chi connectivity index (χ3n) is 2.61. The van der Waals surface area contributed by atoms with Crippen molar-refractivity contribution in [2.45, 2.75) is 6.92 Å². The zero-order chi connectivity index (χ0) is 16.3. The molecule has 0 bridgehead atoms. The Kier molecular flexibility index (Phi) is 5.63. The number of carbonyl (C=O) groups is 1. The van der Waals surface area contributed by atoms with E-state index in [0.29, 0.717) is 31.4 Å². The van der Waals surface area contributed by atoms with Crippen LogP contribution in [0.2, 0.25) is 10.0 Å². The van der Waals surface area contributed by atoms with Gasteiger partial charge in [0.2, 0.25) is 0 Å². The number of halogens is 2. The normalized spacial score (nSPS) is 10.2. The molecule has 116 valence electrons. The summed E-state index contributed by atoms with van der Waals surface area (Å²) in [5, 5.41) is 7.90. The van der Waals surface area contributed by atoms with Gasteiger partial charge in [-0.1, -0.05) is 23.2 Å². The number of nitrogens with one attached hydrogen (secondary N) is 2. The number of methoxy groups -OCH3 is 1. The molecule has 0 radical (unpaired) electrons. The second-order valence-corrected chi connectivity index (χ2v) is 6.87. The number of ether oxygens (including phenoxy) is 1. The Morgan fingerprint density at radius 3 is 2.41 bits per heavy atom. The number of esters is 1. The van der Waals surface area contributed by atoms with Gasteiger partial charge in [-0.25, -0.2) is 4.79 Å². The van der Waals surface area contributed by atoms with Crippen LogP contribution < -0.4 is 10.6 Å². The lowest BCUT2D eigenvalue weighted by Crippen LogP contribution is -2.19. The molecule has 0 unspecified atom stereocenters. The van der Waals surface area contributed by atoms with Gasteiger partial charge >= 0.3 is 5.97 Å². The summed E-state index contributed by atoms with van der Waals surface area (Å²) in [5.41, 5.74) is 1.10. The van der Waals surface area contributed by atoms with Crippen LogP contribution in [0.25, 0.3) is 0 Å². The van der Waals surface area contributed by atoms with Crippen LogP contribution in [0.5, 0.6) is 0 Å². The van der Waals surface area contributed by atoms with Crippen LogP contribution in [0.1, 0.15) is 15.2 Å². The van der Waals surface area contributed by atoms with Crippen LogP contribution >= 0.6 is 46.8 Å². The van der Waals surface area contributed by atoms with E-state index in [2.05, 4.69) is 10.6 Å². The lowest BCUT2D eigenvalue weighted by Gasteiger charge is -2.11. The van der Waals surface area contributed by atoms with Gasteiger partial charge in [-0.05, 0) is 43.4 Å². The Hall–Kier alpha value is -1.34. The molecule has 1 aromatic carbocycles. The fourth-order valence-corrected chi connectivity index (χ4v) is 3.47. The van der Waals surface area contributed by atoms with Crippen molar-refractivity contribution in [3.8, 4) is 0 Å². The van der Waals surface area contributed by atoms with E-state index in [1.54, 1.807) is 24.3 Å². The third-order valence-corrected chi connectivity index (χ3v) is 4.21. The lowest BCUT2D eigenvalue weighted by atomic mass is 10.3. The molecular weight excluding hydrogens is 363 g/mol. The van der Waals surface area contributed by atoms with Crippen molar-refractivity contribution in [2.24, 2.45) is 0 Å². The maximum absolute atomic E-state index is 11.7. The molecule has 0 saturated heterocycles. The van der Waals surface area contributed by atoms with Crippen LogP contribution in [0.3, 0.4) is 0 Å². The smallest absolute Gasteiger partial charge is 0.340 e. The summed E-state index contributed by atoms with van der Waals surface area (Å²) in [5.74, 6) is -0.416. The monoisotopic (exact) mass is 374 g/mol. The summed E-state index contributed by atoms with van der Waals surface area (Å²) in [7, 11) is 1.34. The highest BCUT2D eigenvalue weighted by molar-refractivity contribution is 7.80. The predicted octanol–water partition coefficient (Wildman–Crippen LogP) is 4.96. The minimum Gasteiger partial charge on any atom is -0.465 e. The number of anilines is 2. The maximum atomic E-state index is 11.7. The summed E-state index contributed by atoms with van der Waals surface area (Å²) in [4.78, 5) is 12.7. The largest absolute Gasteiger partial charge is 0.465 e. The van der Waals surface area contributed by atoms with E-state index in [-0.39, 0.29) is 0 Å². The molecule has 0 aliphatic carbocycles. The van der Waals surface area contributed by atoms with Gasteiger partial charge in [-0.2, -0.15) is 0 Å². The molecule has 0 fully saturated rings. The highest BCUT2D eigenvalue weighted by Crippen LogP contribution is 2.29. The highest BCUT2D eigenvalue weighted by Gasteiger charge is 2.16. The first kappa shape index (κ1) is 17.0. The molecule has 0 saturated carbocycles. The number of hydrogen-bond acceptors (Lipinski definition) is 4. The summed E-state index contributed by atoms with van der Waals surface area (Å²) in [6.45, 7) is 1.90. The fourth-order valence-electron chi connectivity index (χ4n) is 1.76. The summed E-state index contributed by atoms with van der Waals surface area (Å²) in [6, 6.07) is 6.77. The minimum atomic E-state index is -0.416. The van der Waals surface area contributed by atoms with Crippen LogP contribution in [0, 0.1) is 6.92 Å². The minimum absolute atomic E-state index is 0.324. The van der Waals surface area contributed by atoms with E-state index in [4.69, 9.17) is 40.2 Å². The van der Waals surface area contributed by atoms with E-state index < -0.39 is 5.97 Å². The van der Waals surface area contributed by atoms with Gasteiger partial charge in [0.15, 0.2) is 5.11 Å². The standard InChI is InChI=1S/C14H12Cl2N2O2S2/c1-7-3-11(13(19)20-2)12(22-7)18-14(21)17-10-5-8(15)4-9(16)6-10/h3-6H,1-2H3,(H2,17,18,21).